The highest BCUT2D eigenvalue weighted by Crippen LogP contribution is 2.27. The molecule has 0 radical (unpaired) electrons. The van der Waals surface area contributed by atoms with Gasteiger partial charge in [0.1, 0.15) is 12.3 Å². The Hall–Kier alpha value is -3.88. The summed E-state index contributed by atoms with van der Waals surface area (Å²) < 4.78 is 6.36. The first-order valence-corrected chi connectivity index (χ1v) is 8.36. The lowest BCUT2D eigenvalue weighted by atomic mass is 10.2. The number of fused-ring (bicyclic) bond motifs is 1. The molecule has 3 rings (SSSR count). The van der Waals surface area contributed by atoms with Crippen molar-refractivity contribution in [2.24, 2.45) is 0 Å². The zero-order valence-corrected chi connectivity index (χ0v) is 15.2. The van der Waals surface area contributed by atoms with Crippen molar-refractivity contribution in [3.05, 3.63) is 63.3 Å². The molecular formula is C19H18N4O5. The molecule has 0 saturated carbocycles. The topological polar surface area (TPSA) is 122 Å². The molecule has 0 saturated heterocycles. The number of aromatic amines is 1. The Morgan fingerprint density at radius 1 is 1.11 bits per heavy atom. The van der Waals surface area contributed by atoms with Crippen LogP contribution in [0.25, 0.3) is 10.9 Å². The maximum atomic E-state index is 12.5. The Labute approximate surface area is 159 Å². The summed E-state index contributed by atoms with van der Waals surface area (Å²) in [5, 5.41) is 5.59. The van der Waals surface area contributed by atoms with Gasteiger partial charge in [0.25, 0.3) is 5.56 Å². The highest BCUT2D eigenvalue weighted by molar-refractivity contribution is 5.95. The van der Waals surface area contributed by atoms with Crippen molar-refractivity contribution in [2.75, 3.05) is 17.7 Å². The van der Waals surface area contributed by atoms with Gasteiger partial charge in [-0.05, 0) is 30.3 Å². The quantitative estimate of drug-likeness (QED) is 0.614. The number of nitrogens with zero attached hydrogens (tertiary/aromatic N) is 1. The summed E-state index contributed by atoms with van der Waals surface area (Å²) in [5.41, 5.74) is -0.00395. The lowest BCUT2D eigenvalue weighted by molar-refractivity contribution is -0.117. The summed E-state index contributed by atoms with van der Waals surface area (Å²) in [5.74, 6) is -0.317. The summed E-state index contributed by atoms with van der Waals surface area (Å²) in [4.78, 5) is 50.1. The highest BCUT2D eigenvalue weighted by Gasteiger charge is 2.12. The van der Waals surface area contributed by atoms with E-state index in [1.807, 2.05) is 0 Å². The van der Waals surface area contributed by atoms with E-state index in [4.69, 9.17) is 4.74 Å². The van der Waals surface area contributed by atoms with E-state index in [2.05, 4.69) is 15.6 Å². The molecule has 9 nitrogen and oxygen atoms in total. The first-order valence-electron chi connectivity index (χ1n) is 8.36. The van der Waals surface area contributed by atoms with Gasteiger partial charge in [-0.1, -0.05) is 12.1 Å². The average Bonchev–Trinajstić information content (AvgIpc) is 2.65. The number of nitrogens with one attached hydrogen (secondary N) is 3. The van der Waals surface area contributed by atoms with E-state index < -0.39 is 17.2 Å². The number of carbonyl (C=O) groups is 2. The molecule has 1 heterocycles. The zero-order chi connectivity index (χ0) is 20.3. The summed E-state index contributed by atoms with van der Waals surface area (Å²) in [7, 11) is 1.46. The lowest BCUT2D eigenvalue weighted by Crippen LogP contribution is -2.34. The smallest absolute Gasteiger partial charge is 0.329 e. The normalized spacial score (nSPS) is 10.5. The van der Waals surface area contributed by atoms with Crippen LogP contribution in [-0.2, 0) is 16.1 Å². The van der Waals surface area contributed by atoms with Crippen LogP contribution in [0.15, 0.2) is 52.1 Å². The Balaban J connectivity index is 1.88. The first kappa shape index (κ1) is 18.9. The molecule has 1 aromatic heterocycles. The molecule has 9 heteroatoms. The third kappa shape index (κ3) is 3.93. The van der Waals surface area contributed by atoms with E-state index in [1.54, 1.807) is 42.5 Å². The Morgan fingerprint density at radius 3 is 2.57 bits per heavy atom. The van der Waals surface area contributed by atoms with E-state index in [0.717, 1.165) is 0 Å². The zero-order valence-electron chi connectivity index (χ0n) is 15.2. The predicted octanol–water partition coefficient (Wildman–Crippen LogP) is 1.30. The van der Waals surface area contributed by atoms with Crippen LogP contribution < -0.4 is 26.6 Å². The number of rotatable bonds is 5. The monoisotopic (exact) mass is 382 g/mol. The fourth-order valence-electron chi connectivity index (χ4n) is 2.82. The largest absolute Gasteiger partial charge is 0.495 e. The second-order valence-electron chi connectivity index (χ2n) is 6.01. The molecule has 0 unspecified atom stereocenters. The molecule has 0 aliphatic carbocycles. The molecule has 3 aromatic rings. The van der Waals surface area contributed by atoms with Gasteiger partial charge in [0.2, 0.25) is 11.8 Å². The van der Waals surface area contributed by atoms with Crippen molar-refractivity contribution in [3.8, 4) is 5.75 Å². The van der Waals surface area contributed by atoms with Gasteiger partial charge < -0.3 is 15.4 Å². The van der Waals surface area contributed by atoms with Gasteiger partial charge in [-0.2, -0.15) is 0 Å². The van der Waals surface area contributed by atoms with Gasteiger partial charge in [-0.15, -0.1) is 0 Å². The molecular weight excluding hydrogens is 364 g/mol. The van der Waals surface area contributed by atoms with Crippen molar-refractivity contribution < 1.29 is 14.3 Å². The number of amides is 2. The third-order valence-corrected chi connectivity index (χ3v) is 4.00. The van der Waals surface area contributed by atoms with Gasteiger partial charge in [-0.25, -0.2) is 4.79 Å². The highest BCUT2D eigenvalue weighted by atomic mass is 16.5. The van der Waals surface area contributed by atoms with E-state index in [-0.39, 0.29) is 12.5 Å². The number of ether oxygens (including phenoxy) is 1. The standard InChI is InChI=1S/C19H18N4O5/c1-11(24)20-14-9-12(7-8-16(14)28-2)21-17(25)10-23-15-6-4-3-5-13(15)18(26)22-19(23)27/h3-9H,10H2,1-2H3,(H,20,24)(H,21,25)(H,22,26,27). The first-order chi connectivity index (χ1) is 13.4. The summed E-state index contributed by atoms with van der Waals surface area (Å²) in [6.45, 7) is 1.07. The Morgan fingerprint density at radius 2 is 1.86 bits per heavy atom. The average molecular weight is 382 g/mol. The van der Waals surface area contributed by atoms with Crippen LogP contribution in [0.3, 0.4) is 0 Å². The van der Waals surface area contributed by atoms with Gasteiger partial charge in [0.15, 0.2) is 0 Å². The number of anilines is 2. The summed E-state index contributed by atoms with van der Waals surface area (Å²) in [6, 6.07) is 11.3. The second-order valence-corrected chi connectivity index (χ2v) is 6.01. The van der Waals surface area contributed by atoms with E-state index in [1.165, 1.54) is 18.6 Å². The number of H-pyrrole nitrogens is 1. The molecule has 2 amide bonds. The summed E-state index contributed by atoms with van der Waals surface area (Å²) in [6.07, 6.45) is 0. The predicted molar refractivity (Wildman–Crippen MR) is 105 cm³/mol. The number of methoxy groups -OCH3 is 1. The molecule has 2 aromatic carbocycles. The molecule has 0 bridgehead atoms. The van der Waals surface area contributed by atoms with Crippen molar-refractivity contribution >= 4 is 34.1 Å². The van der Waals surface area contributed by atoms with Crippen LogP contribution in [0.4, 0.5) is 11.4 Å². The van der Waals surface area contributed by atoms with Crippen LogP contribution in [0.2, 0.25) is 0 Å². The minimum Gasteiger partial charge on any atom is -0.495 e. The van der Waals surface area contributed by atoms with Gasteiger partial charge in [0, 0.05) is 12.6 Å². The molecule has 0 fully saturated rings. The Bertz CT molecular complexity index is 1180. The Kier molecular flexibility index (Phi) is 5.25. The number of benzene rings is 2. The van der Waals surface area contributed by atoms with Gasteiger partial charge >= 0.3 is 5.69 Å². The third-order valence-electron chi connectivity index (χ3n) is 4.00. The minimum absolute atomic E-state index is 0.284. The van der Waals surface area contributed by atoms with Crippen molar-refractivity contribution in [1.82, 2.24) is 9.55 Å². The maximum Gasteiger partial charge on any atom is 0.329 e. The van der Waals surface area contributed by atoms with Crippen LogP contribution >= 0.6 is 0 Å². The van der Waals surface area contributed by atoms with Crippen LogP contribution in [0, 0.1) is 0 Å². The van der Waals surface area contributed by atoms with Gasteiger partial charge in [-0.3, -0.25) is 23.9 Å². The number of aromatic nitrogens is 2. The van der Waals surface area contributed by atoms with Gasteiger partial charge in [0.05, 0.1) is 23.7 Å². The molecule has 0 spiro atoms. The number of hydrogen-bond acceptors (Lipinski definition) is 5. The number of hydrogen-bond donors (Lipinski definition) is 3. The van der Waals surface area contributed by atoms with Crippen LogP contribution in [0.1, 0.15) is 6.92 Å². The van der Waals surface area contributed by atoms with E-state index >= 15 is 0 Å². The molecule has 0 aliphatic heterocycles. The van der Waals surface area contributed by atoms with Crippen molar-refractivity contribution in [3.63, 3.8) is 0 Å². The number of carbonyl (C=O) groups excluding carboxylic acids is 2. The van der Waals surface area contributed by atoms with Crippen LogP contribution in [0.5, 0.6) is 5.75 Å². The second kappa shape index (κ2) is 7.78. The molecule has 144 valence electrons. The number of para-hydroxylation sites is 1. The molecule has 0 aliphatic rings. The fraction of sp³-hybridized carbons (Fsp3) is 0.158. The lowest BCUT2D eigenvalue weighted by Gasteiger charge is -2.13. The van der Waals surface area contributed by atoms with E-state index in [9.17, 15) is 19.2 Å². The molecule has 3 N–H and O–H groups in total. The van der Waals surface area contributed by atoms with Crippen LogP contribution in [-0.4, -0.2) is 28.5 Å². The maximum absolute atomic E-state index is 12.5. The summed E-state index contributed by atoms with van der Waals surface area (Å²) >= 11 is 0. The minimum atomic E-state index is -0.674. The SMILES string of the molecule is COc1ccc(NC(=O)Cn2c(=O)[nH]c(=O)c3ccccc32)cc1NC(C)=O. The molecule has 0 atom stereocenters. The fourth-order valence-corrected chi connectivity index (χ4v) is 2.82. The van der Waals surface area contributed by atoms with Crippen molar-refractivity contribution in [1.29, 1.82) is 0 Å². The molecule has 28 heavy (non-hydrogen) atoms. The van der Waals surface area contributed by atoms with Crippen molar-refractivity contribution in [2.45, 2.75) is 13.5 Å². The van der Waals surface area contributed by atoms with E-state index in [0.29, 0.717) is 28.0 Å².